The van der Waals surface area contributed by atoms with Gasteiger partial charge in [-0.2, -0.15) is 5.10 Å². The van der Waals surface area contributed by atoms with Crippen molar-refractivity contribution in [2.75, 3.05) is 0 Å². The van der Waals surface area contributed by atoms with E-state index in [9.17, 15) is 9.59 Å². The van der Waals surface area contributed by atoms with Gasteiger partial charge in [0, 0.05) is 25.5 Å². The smallest absolute Gasteiger partial charge is 0.341 e. The van der Waals surface area contributed by atoms with Crippen LogP contribution in [0.3, 0.4) is 0 Å². The summed E-state index contributed by atoms with van der Waals surface area (Å²) < 4.78 is 3.43. The number of aryl methyl sites for hydroxylation is 2. The molecule has 0 atom stereocenters. The lowest BCUT2D eigenvalue weighted by atomic mass is 10.2. The highest BCUT2D eigenvalue weighted by molar-refractivity contribution is 5.86. The molecule has 0 amide bonds. The summed E-state index contributed by atoms with van der Waals surface area (Å²) in [6.07, 6.45) is 3.77. The second-order valence-electron chi connectivity index (χ2n) is 4.30. The zero-order valence-corrected chi connectivity index (χ0v) is 10.8. The van der Waals surface area contributed by atoms with E-state index < -0.39 is 11.4 Å². The molecule has 1 N–H and O–H groups in total. The summed E-state index contributed by atoms with van der Waals surface area (Å²) in [5, 5.41) is 13.2. The highest BCUT2D eigenvalue weighted by Gasteiger charge is 2.10. The largest absolute Gasteiger partial charge is 0.477 e. The number of carboxylic acid groups (broad SMARTS) is 1. The fraction of sp³-hybridized carbons (Fsp3) is 0.308. The lowest BCUT2D eigenvalue weighted by Crippen LogP contribution is -2.17. The molecular weight excluding hydrogens is 246 g/mol. The molecule has 0 radical (unpaired) electrons. The van der Waals surface area contributed by atoms with Gasteiger partial charge in [0.15, 0.2) is 5.43 Å². The minimum atomic E-state index is -1.21. The van der Waals surface area contributed by atoms with Gasteiger partial charge in [-0.3, -0.25) is 9.48 Å². The molecule has 0 aliphatic heterocycles. The summed E-state index contributed by atoms with van der Waals surface area (Å²) in [5.41, 5.74) is 1.23. The average molecular weight is 261 g/mol. The predicted octanol–water partition coefficient (Wildman–Crippen LogP) is 0.891. The maximum Gasteiger partial charge on any atom is 0.341 e. The second kappa shape index (κ2) is 5.09. The van der Waals surface area contributed by atoms with Crippen molar-refractivity contribution in [2.45, 2.75) is 19.9 Å². The Hall–Kier alpha value is -2.37. The Bertz CT molecular complexity index is 670. The quantitative estimate of drug-likeness (QED) is 0.886. The van der Waals surface area contributed by atoms with Crippen molar-refractivity contribution >= 4 is 5.97 Å². The van der Waals surface area contributed by atoms with E-state index in [1.807, 2.05) is 20.0 Å². The van der Waals surface area contributed by atoms with Gasteiger partial charge in [-0.1, -0.05) is 6.92 Å². The monoisotopic (exact) mass is 261 g/mol. The van der Waals surface area contributed by atoms with Gasteiger partial charge in [0.2, 0.25) is 0 Å². The van der Waals surface area contributed by atoms with Crippen LogP contribution < -0.4 is 5.43 Å². The Balaban J connectivity index is 2.33. The molecule has 100 valence electrons. The third kappa shape index (κ3) is 2.73. The first-order valence-corrected chi connectivity index (χ1v) is 5.96. The number of carboxylic acids is 1. The van der Waals surface area contributed by atoms with Crippen LogP contribution in [-0.4, -0.2) is 25.4 Å². The van der Waals surface area contributed by atoms with Crippen LogP contribution >= 0.6 is 0 Å². The van der Waals surface area contributed by atoms with Gasteiger partial charge in [0.05, 0.1) is 17.9 Å². The van der Waals surface area contributed by atoms with Gasteiger partial charge in [-0.05, 0) is 12.5 Å². The van der Waals surface area contributed by atoms with Crippen LogP contribution in [0.5, 0.6) is 0 Å². The Morgan fingerprint density at radius 2 is 2.21 bits per heavy atom. The number of aromatic carboxylic acids is 1. The molecule has 2 rings (SSSR count). The Morgan fingerprint density at radius 1 is 1.47 bits per heavy atom. The van der Waals surface area contributed by atoms with Crippen LogP contribution in [0.1, 0.15) is 28.7 Å². The number of rotatable bonds is 4. The van der Waals surface area contributed by atoms with Gasteiger partial charge in [0.25, 0.3) is 0 Å². The Morgan fingerprint density at radius 3 is 2.79 bits per heavy atom. The van der Waals surface area contributed by atoms with Gasteiger partial charge in [-0.25, -0.2) is 4.79 Å². The number of carbonyl (C=O) groups is 1. The highest BCUT2D eigenvalue weighted by Crippen LogP contribution is 2.06. The van der Waals surface area contributed by atoms with Gasteiger partial charge in [0.1, 0.15) is 5.56 Å². The van der Waals surface area contributed by atoms with Crippen molar-refractivity contribution in [2.24, 2.45) is 7.05 Å². The van der Waals surface area contributed by atoms with E-state index in [1.165, 1.54) is 12.3 Å². The minimum Gasteiger partial charge on any atom is -0.477 e. The highest BCUT2D eigenvalue weighted by atomic mass is 16.4. The first-order chi connectivity index (χ1) is 9.01. The van der Waals surface area contributed by atoms with Crippen LogP contribution in [0.25, 0.3) is 0 Å². The molecule has 0 saturated carbocycles. The molecule has 6 nitrogen and oxygen atoms in total. The number of pyridine rings is 1. The molecule has 0 aliphatic carbocycles. The third-order valence-corrected chi connectivity index (χ3v) is 2.94. The lowest BCUT2D eigenvalue weighted by molar-refractivity contribution is 0.0694. The van der Waals surface area contributed by atoms with Crippen molar-refractivity contribution in [3.63, 3.8) is 0 Å². The van der Waals surface area contributed by atoms with E-state index in [0.29, 0.717) is 6.54 Å². The number of nitrogens with zero attached hydrogens (tertiary/aromatic N) is 3. The molecular formula is C13H15N3O3. The Labute approximate surface area is 109 Å². The summed E-state index contributed by atoms with van der Waals surface area (Å²) in [6.45, 7) is 2.50. The maximum absolute atomic E-state index is 11.4. The topological polar surface area (TPSA) is 77.1 Å². The first kappa shape index (κ1) is 13.1. The molecule has 0 bridgehead atoms. The van der Waals surface area contributed by atoms with Gasteiger partial charge >= 0.3 is 5.97 Å². The zero-order chi connectivity index (χ0) is 14.0. The van der Waals surface area contributed by atoms with Crippen molar-refractivity contribution in [1.82, 2.24) is 14.3 Å². The molecule has 0 aromatic carbocycles. The lowest BCUT2D eigenvalue weighted by Gasteiger charge is -2.07. The third-order valence-electron chi connectivity index (χ3n) is 2.94. The standard InChI is InChI=1S/C13H15N3O3/c1-3-9-6-10(15(2)14-9)7-16-5-4-12(17)11(8-16)13(18)19/h4-6,8H,3,7H2,1-2H3,(H,18,19). The Kier molecular flexibility index (Phi) is 3.50. The van der Waals surface area contributed by atoms with Crippen molar-refractivity contribution in [3.05, 3.63) is 51.7 Å². The van der Waals surface area contributed by atoms with E-state index in [4.69, 9.17) is 5.11 Å². The molecule has 0 spiro atoms. The predicted molar refractivity (Wildman–Crippen MR) is 69.3 cm³/mol. The minimum absolute atomic E-state index is 0.222. The maximum atomic E-state index is 11.4. The van der Waals surface area contributed by atoms with E-state index in [0.717, 1.165) is 17.8 Å². The molecule has 0 aliphatic rings. The van der Waals surface area contributed by atoms with Crippen molar-refractivity contribution in [1.29, 1.82) is 0 Å². The molecule has 2 aromatic rings. The number of aromatic nitrogens is 3. The summed E-state index contributed by atoms with van der Waals surface area (Å²) in [4.78, 5) is 22.3. The molecule has 0 saturated heterocycles. The zero-order valence-electron chi connectivity index (χ0n) is 10.8. The van der Waals surface area contributed by atoms with Gasteiger partial charge in [-0.15, -0.1) is 0 Å². The number of hydrogen-bond donors (Lipinski definition) is 1. The fourth-order valence-electron chi connectivity index (χ4n) is 1.86. The molecule has 2 aromatic heterocycles. The molecule has 19 heavy (non-hydrogen) atoms. The van der Waals surface area contributed by atoms with Crippen LogP contribution in [-0.2, 0) is 20.0 Å². The SMILES string of the molecule is CCc1cc(Cn2ccc(=O)c(C(=O)O)c2)n(C)n1. The van der Waals surface area contributed by atoms with Crippen LogP contribution in [0, 0.1) is 0 Å². The summed E-state index contributed by atoms with van der Waals surface area (Å²) >= 11 is 0. The summed E-state index contributed by atoms with van der Waals surface area (Å²) in [7, 11) is 1.84. The van der Waals surface area contributed by atoms with E-state index >= 15 is 0 Å². The summed E-state index contributed by atoms with van der Waals surface area (Å²) in [5.74, 6) is -1.21. The van der Waals surface area contributed by atoms with Crippen molar-refractivity contribution < 1.29 is 9.90 Å². The molecule has 6 heteroatoms. The van der Waals surface area contributed by atoms with E-state index in [1.54, 1.807) is 15.4 Å². The first-order valence-electron chi connectivity index (χ1n) is 5.96. The number of hydrogen-bond acceptors (Lipinski definition) is 3. The molecule has 2 heterocycles. The van der Waals surface area contributed by atoms with Crippen LogP contribution in [0.15, 0.2) is 29.3 Å². The normalized spacial score (nSPS) is 10.6. The second-order valence-corrected chi connectivity index (χ2v) is 4.30. The average Bonchev–Trinajstić information content (AvgIpc) is 2.72. The summed E-state index contributed by atoms with van der Waals surface area (Å²) in [6, 6.07) is 3.24. The van der Waals surface area contributed by atoms with E-state index in [2.05, 4.69) is 5.10 Å². The van der Waals surface area contributed by atoms with E-state index in [-0.39, 0.29) is 5.56 Å². The fourth-order valence-corrected chi connectivity index (χ4v) is 1.86. The van der Waals surface area contributed by atoms with Crippen LogP contribution in [0.2, 0.25) is 0 Å². The van der Waals surface area contributed by atoms with Gasteiger partial charge < -0.3 is 9.67 Å². The molecule has 0 unspecified atom stereocenters. The van der Waals surface area contributed by atoms with Crippen molar-refractivity contribution in [3.8, 4) is 0 Å². The molecule has 0 fully saturated rings. The van der Waals surface area contributed by atoms with Crippen LogP contribution in [0.4, 0.5) is 0 Å².